The molecule has 0 bridgehead atoms. The maximum Gasteiger partial charge on any atom is 0.0408 e. The van der Waals surface area contributed by atoms with Crippen LogP contribution in [0.3, 0.4) is 0 Å². The van der Waals surface area contributed by atoms with Crippen LogP contribution >= 0.6 is 27.5 Å². The molecule has 0 aliphatic heterocycles. The maximum atomic E-state index is 5.64. The molecule has 0 nitrogen and oxygen atoms in total. The first kappa shape index (κ1) is 18.2. The molecule has 0 N–H and O–H groups in total. The summed E-state index contributed by atoms with van der Waals surface area (Å²) in [5, 5.41) is 0.810. The van der Waals surface area contributed by atoms with Crippen molar-refractivity contribution in [2.45, 2.75) is 34.6 Å². The minimum Gasteiger partial charge on any atom is -0.0843 e. The Bertz CT molecular complexity index is 475. The first-order valence-corrected chi connectivity index (χ1v) is 7.61. The van der Waals surface area contributed by atoms with Crippen LogP contribution < -0.4 is 0 Å². The Kier molecular flexibility index (Phi) is 9.63. The van der Waals surface area contributed by atoms with E-state index in [0.717, 1.165) is 5.02 Å². The van der Waals surface area contributed by atoms with Gasteiger partial charge in [-0.25, -0.2) is 0 Å². The van der Waals surface area contributed by atoms with Crippen LogP contribution in [0.15, 0.2) is 46.9 Å². The average Bonchev–Trinajstić information content (AvgIpc) is 2.37. The summed E-state index contributed by atoms with van der Waals surface area (Å²) in [6.07, 6.45) is 0. The molecular weight excluding hydrogens is 320 g/mol. The van der Waals surface area contributed by atoms with Crippen LogP contribution in [0.25, 0.3) is 0 Å². The minimum atomic E-state index is 0.810. The van der Waals surface area contributed by atoms with Gasteiger partial charge in [0.05, 0.1) is 0 Å². The largest absolute Gasteiger partial charge is 0.0843 e. The smallest absolute Gasteiger partial charge is 0.0408 e. The molecule has 0 amide bonds. The lowest BCUT2D eigenvalue weighted by molar-refractivity contribution is 1.37. The van der Waals surface area contributed by atoms with Crippen LogP contribution in [0.4, 0.5) is 0 Å². The van der Waals surface area contributed by atoms with E-state index in [4.69, 9.17) is 11.6 Å². The van der Waals surface area contributed by atoms with E-state index in [9.17, 15) is 0 Å². The highest BCUT2D eigenvalue weighted by molar-refractivity contribution is 9.10. The summed E-state index contributed by atoms with van der Waals surface area (Å²) in [6.45, 7) is 10.2. The van der Waals surface area contributed by atoms with Crippen molar-refractivity contribution in [1.82, 2.24) is 0 Å². The molecule has 0 aliphatic rings. The fourth-order valence-electron chi connectivity index (χ4n) is 1.30. The molecule has 2 rings (SSSR count). The summed E-state index contributed by atoms with van der Waals surface area (Å²) in [5.41, 5.74) is 3.80. The Morgan fingerprint density at radius 2 is 1.42 bits per heavy atom. The zero-order valence-electron chi connectivity index (χ0n) is 12.3. The number of halogens is 2. The first-order valence-electron chi connectivity index (χ1n) is 6.44. The normalized spacial score (nSPS) is 8.79. The molecule has 0 atom stereocenters. The number of benzene rings is 2. The predicted molar refractivity (Wildman–Crippen MR) is 91.2 cm³/mol. The molecule has 0 radical (unpaired) electrons. The molecule has 2 aromatic carbocycles. The van der Waals surface area contributed by atoms with Crippen LogP contribution in [0.1, 0.15) is 30.5 Å². The second kappa shape index (κ2) is 10.1. The van der Waals surface area contributed by atoms with Crippen molar-refractivity contribution in [1.29, 1.82) is 0 Å². The summed E-state index contributed by atoms with van der Waals surface area (Å²) in [4.78, 5) is 0. The summed E-state index contributed by atoms with van der Waals surface area (Å²) >= 11 is 9.09. The van der Waals surface area contributed by atoms with E-state index >= 15 is 0 Å². The van der Waals surface area contributed by atoms with Crippen LogP contribution in [0.2, 0.25) is 5.02 Å². The summed E-state index contributed by atoms with van der Waals surface area (Å²) in [5.74, 6) is 0. The Hall–Kier alpha value is -0.790. The zero-order valence-corrected chi connectivity index (χ0v) is 14.6. The molecule has 104 valence electrons. The van der Waals surface area contributed by atoms with Gasteiger partial charge < -0.3 is 0 Å². The fraction of sp³-hybridized carbons (Fsp3) is 0.294. The highest BCUT2D eigenvalue weighted by Gasteiger charge is 1.90. The van der Waals surface area contributed by atoms with Crippen molar-refractivity contribution < 1.29 is 0 Å². The van der Waals surface area contributed by atoms with Gasteiger partial charge in [0.2, 0.25) is 0 Å². The highest BCUT2D eigenvalue weighted by Crippen LogP contribution is 2.16. The minimum absolute atomic E-state index is 0.810. The number of hydrogen-bond donors (Lipinski definition) is 0. The van der Waals surface area contributed by atoms with Gasteiger partial charge in [0.15, 0.2) is 0 Å². The van der Waals surface area contributed by atoms with Gasteiger partial charge in [0, 0.05) is 9.50 Å². The second-order valence-electron chi connectivity index (χ2n) is 4.05. The number of rotatable bonds is 0. The maximum absolute atomic E-state index is 5.64. The van der Waals surface area contributed by atoms with Gasteiger partial charge in [-0.15, -0.1) is 0 Å². The molecule has 0 aromatic heterocycles. The third kappa shape index (κ3) is 8.07. The summed E-state index contributed by atoms with van der Waals surface area (Å²) in [7, 11) is 0. The standard InChI is InChI=1S/C8H9Br.C7H7Cl.C2H6/c1-6-3-4-7(2)8(9)5-6;1-6-3-2-4-7(8)5-6;1-2/h3-5H,1-2H3;2-5H,1H3;1-2H3. The second-order valence-corrected chi connectivity index (χ2v) is 5.34. The topological polar surface area (TPSA) is 0 Å². The van der Waals surface area contributed by atoms with E-state index in [-0.39, 0.29) is 0 Å². The predicted octanol–water partition coefficient (Wildman–Crippen LogP) is 6.74. The van der Waals surface area contributed by atoms with Gasteiger partial charge in [-0.05, 0) is 55.7 Å². The molecule has 0 saturated carbocycles. The molecule has 2 heteroatoms. The molecule has 0 saturated heterocycles. The van der Waals surface area contributed by atoms with Crippen molar-refractivity contribution in [3.8, 4) is 0 Å². The number of hydrogen-bond acceptors (Lipinski definition) is 0. The van der Waals surface area contributed by atoms with E-state index in [1.807, 2.05) is 45.0 Å². The summed E-state index contributed by atoms with van der Waals surface area (Å²) in [6, 6.07) is 14.1. The van der Waals surface area contributed by atoms with Gasteiger partial charge in [-0.3, -0.25) is 0 Å². The fourth-order valence-corrected chi connectivity index (χ4v) is 2.04. The Balaban J connectivity index is 0.000000303. The quantitative estimate of drug-likeness (QED) is 0.497. The molecule has 19 heavy (non-hydrogen) atoms. The number of aryl methyl sites for hydroxylation is 3. The van der Waals surface area contributed by atoms with Crippen LogP contribution in [-0.4, -0.2) is 0 Å². The lowest BCUT2D eigenvalue weighted by Gasteiger charge is -1.96. The van der Waals surface area contributed by atoms with Gasteiger partial charge in [0.25, 0.3) is 0 Å². The third-order valence-electron chi connectivity index (χ3n) is 2.31. The lowest BCUT2D eigenvalue weighted by Crippen LogP contribution is -1.75. The van der Waals surface area contributed by atoms with Crippen molar-refractivity contribution in [3.63, 3.8) is 0 Å². The van der Waals surface area contributed by atoms with Gasteiger partial charge in [-0.2, -0.15) is 0 Å². The first-order chi connectivity index (χ1) is 8.99. The van der Waals surface area contributed by atoms with Gasteiger partial charge in [-0.1, -0.05) is 65.6 Å². The third-order valence-corrected chi connectivity index (χ3v) is 3.40. The van der Waals surface area contributed by atoms with E-state index in [1.165, 1.54) is 21.2 Å². The van der Waals surface area contributed by atoms with Crippen molar-refractivity contribution in [3.05, 3.63) is 68.7 Å². The molecule has 0 unspecified atom stereocenters. The van der Waals surface area contributed by atoms with E-state index in [1.54, 1.807) is 0 Å². The molecule has 2 aromatic rings. The Labute approximate surface area is 130 Å². The SMILES string of the molecule is CC.Cc1ccc(C)c(Br)c1.Cc1cccc(Cl)c1. The van der Waals surface area contributed by atoms with Gasteiger partial charge >= 0.3 is 0 Å². The molecule has 0 heterocycles. The van der Waals surface area contributed by atoms with E-state index < -0.39 is 0 Å². The molecule has 0 spiro atoms. The van der Waals surface area contributed by atoms with Crippen molar-refractivity contribution >= 4 is 27.5 Å². The molecule has 0 fully saturated rings. The lowest BCUT2D eigenvalue weighted by atomic mass is 10.2. The van der Waals surface area contributed by atoms with E-state index in [0.29, 0.717) is 0 Å². The Morgan fingerprint density at radius 3 is 1.79 bits per heavy atom. The average molecular weight is 342 g/mol. The van der Waals surface area contributed by atoms with Crippen LogP contribution in [0, 0.1) is 20.8 Å². The van der Waals surface area contributed by atoms with Crippen molar-refractivity contribution in [2.24, 2.45) is 0 Å². The summed E-state index contributed by atoms with van der Waals surface area (Å²) < 4.78 is 1.20. The van der Waals surface area contributed by atoms with Crippen LogP contribution in [-0.2, 0) is 0 Å². The molecular formula is C17H22BrCl. The Morgan fingerprint density at radius 1 is 0.842 bits per heavy atom. The molecule has 0 aliphatic carbocycles. The van der Waals surface area contributed by atoms with Crippen molar-refractivity contribution in [2.75, 3.05) is 0 Å². The highest BCUT2D eigenvalue weighted by atomic mass is 79.9. The van der Waals surface area contributed by atoms with E-state index in [2.05, 4.69) is 48.0 Å². The monoisotopic (exact) mass is 340 g/mol. The van der Waals surface area contributed by atoms with Crippen LogP contribution in [0.5, 0.6) is 0 Å². The zero-order chi connectivity index (χ0) is 14.8. The van der Waals surface area contributed by atoms with Gasteiger partial charge in [0.1, 0.15) is 0 Å².